The summed E-state index contributed by atoms with van der Waals surface area (Å²) < 4.78 is 25.6. The van der Waals surface area contributed by atoms with Crippen LogP contribution in [0.4, 0.5) is 8.78 Å². The third kappa shape index (κ3) is 2.70. The Morgan fingerprint density at radius 1 is 1.33 bits per heavy atom. The summed E-state index contributed by atoms with van der Waals surface area (Å²) in [6.45, 7) is 1.16. The summed E-state index contributed by atoms with van der Waals surface area (Å²) in [6, 6.07) is 0.996. The molecule has 0 bridgehead atoms. The van der Waals surface area contributed by atoms with Gasteiger partial charge in [-0.3, -0.25) is 20.4 Å². The van der Waals surface area contributed by atoms with E-state index in [2.05, 4.69) is 4.98 Å². The molecule has 2 N–H and O–H groups in total. The van der Waals surface area contributed by atoms with Crippen LogP contribution in [0.2, 0.25) is 0 Å². The zero-order valence-electron chi connectivity index (χ0n) is 7.67. The van der Waals surface area contributed by atoms with E-state index in [1.165, 1.54) is 0 Å². The van der Waals surface area contributed by atoms with Crippen molar-refractivity contribution in [2.75, 3.05) is 0 Å². The maximum Gasteiger partial charge on any atom is 0.272 e. The van der Waals surface area contributed by atoms with Crippen LogP contribution >= 0.6 is 0 Å². The van der Waals surface area contributed by atoms with E-state index in [0.29, 0.717) is 0 Å². The fraction of sp³-hybridized carbons (Fsp3) is 0.125. The smallest absolute Gasteiger partial charge is 0.272 e. The Bertz CT molecular complexity index is 409. The normalized spacial score (nSPS) is 9.53. The van der Waals surface area contributed by atoms with Crippen molar-refractivity contribution in [2.45, 2.75) is 6.92 Å². The molecule has 0 unspecified atom stereocenters. The molecule has 80 valence electrons. The molecule has 0 saturated carbocycles. The molecule has 0 aliphatic carbocycles. The zero-order valence-corrected chi connectivity index (χ0v) is 7.67. The lowest BCUT2D eigenvalue weighted by Gasteiger charge is -2.05. The van der Waals surface area contributed by atoms with E-state index in [4.69, 9.17) is 0 Å². The van der Waals surface area contributed by atoms with Crippen molar-refractivity contribution in [1.29, 1.82) is 0 Å². The van der Waals surface area contributed by atoms with Crippen LogP contribution in [0.1, 0.15) is 17.3 Å². The fourth-order valence-corrected chi connectivity index (χ4v) is 0.806. The number of carbonyl (C=O) groups excluding carboxylic acids is 2. The highest BCUT2D eigenvalue weighted by Gasteiger charge is 2.15. The van der Waals surface area contributed by atoms with Crippen LogP contribution in [0.25, 0.3) is 0 Å². The molecule has 1 aromatic heterocycles. The number of carbonyl (C=O) groups is 2. The number of aromatic nitrogens is 1. The monoisotopic (exact) mass is 215 g/mol. The predicted molar refractivity (Wildman–Crippen MR) is 45.4 cm³/mol. The van der Waals surface area contributed by atoms with Gasteiger partial charge in [-0.2, -0.15) is 4.39 Å². The Kier molecular flexibility index (Phi) is 3.27. The van der Waals surface area contributed by atoms with E-state index >= 15 is 0 Å². The Balaban J connectivity index is 2.82. The standard InChI is InChI=1S/C8H7F2N3O2/c1-4(14)12-13-8(15)5-2-3-11-7(10)6(5)9/h2-3H,1H3,(H,12,14)(H,13,15). The second kappa shape index (κ2) is 4.45. The largest absolute Gasteiger partial charge is 0.274 e. The molecule has 0 aliphatic rings. The van der Waals surface area contributed by atoms with Crippen molar-refractivity contribution in [3.8, 4) is 0 Å². The summed E-state index contributed by atoms with van der Waals surface area (Å²) >= 11 is 0. The van der Waals surface area contributed by atoms with Gasteiger partial charge in [-0.1, -0.05) is 0 Å². The third-order valence-corrected chi connectivity index (χ3v) is 1.44. The molecule has 5 nitrogen and oxygen atoms in total. The summed E-state index contributed by atoms with van der Waals surface area (Å²) in [7, 11) is 0. The summed E-state index contributed by atoms with van der Waals surface area (Å²) in [6.07, 6.45) is 0.946. The minimum Gasteiger partial charge on any atom is -0.274 e. The van der Waals surface area contributed by atoms with Gasteiger partial charge in [0.2, 0.25) is 11.9 Å². The maximum atomic E-state index is 13.0. The Morgan fingerprint density at radius 3 is 2.60 bits per heavy atom. The molecule has 0 saturated heterocycles. The summed E-state index contributed by atoms with van der Waals surface area (Å²) in [4.78, 5) is 24.6. The lowest BCUT2D eigenvalue weighted by molar-refractivity contribution is -0.119. The van der Waals surface area contributed by atoms with Crippen LogP contribution in [-0.4, -0.2) is 16.8 Å². The molecule has 0 spiro atoms. The average molecular weight is 215 g/mol. The van der Waals surface area contributed by atoms with Crippen LogP contribution in [0.3, 0.4) is 0 Å². The summed E-state index contributed by atoms with van der Waals surface area (Å²) in [5.41, 5.74) is 3.30. The van der Waals surface area contributed by atoms with Crippen molar-refractivity contribution < 1.29 is 18.4 Å². The van der Waals surface area contributed by atoms with E-state index in [9.17, 15) is 18.4 Å². The third-order valence-electron chi connectivity index (χ3n) is 1.44. The number of halogens is 2. The first-order chi connectivity index (χ1) is 7.02. The highest BCUT2D eigenvalue weighted by Crippen LogP contribution is 2.07. The molecule has 0 aromatic carbocycles. The molecule has 15 heavy (non-hydrogen) atoms. The predicted octanol–water partition coefficient (Wildman–Crippen LogP) is 0.141. The number of pyridine rings is 1. The van der Waals surface area contributed by atoms with Gasteiger partial charge in [0.25, 0.3) is 5.91 Å². The molecule has 0 fully saturated rings. The van der Waals surface area contributed by atoms with E-state index in [1.54, 1.807) is 0 Å². The zero-order chi connectivity index (χ0) is 11.4. The molecule has 1 aromatic rings. The molecule has 7 heteroatoms. The van der Waals surface area contributed by atoms with E-state index in [1.807, 2.05) is 10.9 Å². The molecule has 0 atom stereocenters. The maximum absolute atomic E-state index is 13.0. The second-order valence-electron chi connectivity index (χ2n) is 2.60. The van der Waals surface area contributed by atoms with Crippen LogP contribution in [0, 0.1) is 11.8 Å². The fourth-order valence-electron chi connectivity index (χ4n) is 0.806. The van der Waals surface area contributed by atoms with Crippen molar-refractivity contribution >= 4 is 11.8 Å². The van der Waals surface area contributed by atoms with Crippen LogP contribution in [0.15, 0.2) is 12.3 Å². The quantitative estimate of drug-likeness (QED) is 0.517. The molecule has 1 heterocycles. The van der Waals surface area contributed by atoms with E-state index in [-0.39, 0.29) is 0 Å². The molecule has 2 amide bonds. The number of hydrazine groups is 1. The highest BCUT2D eigenvalue weighted by atomic mass is 19.2. The lowest BCUT2D eigenvalue weighted by Crippen LogP contribution is -2.40. The molecule has 0 radical (unpaired) electrons. The number of nitrogens with zero attached hydrogens (tertiary/aromatic N) is 1. The number of amides is 2. The van der Waals surface area contributed by atoms with Crippen molar-refractivity contribution in [1.82, 2.24) is 15.8 Å². The second-order valence-corrected chi connectivity index (χ2v) is 2.60. The number of hydrogen-bond donors (Lipinski definition) is 2. The van der Waals surface area contributed by atoms with Gasteiger partial charge in [0.05, 0.1) is 5.56 Å². The number of nitrogens with one attached hydrogen (secondary N) is 2. The molecule has 0 aliphatic heterocycles. The van der Waals surface area contributed by atoms with Gasteiger partial charge in [-0.05, 0) is 6.07 Å². The van der Waals surface area contributed by atoms with Crippen LogP contribution < -0.4 is 10.9 Å². The van der Waals surface area contributed by atoms with Gasteiger partial charge in [0.15, 0.2) is 5.82 Å². The topological polar surface area (TPSA) is 71.1 Å². The first kappa shape index (κ1) is 11.0. The Hall–Kier alpha value is -2.05. The van der Waals surface area contributed by atoms with E-state index < -0.39 is 29.1 Å². The van der Waals surface area contributed by atoms with Crippen molar-refractivity contribution in [3.05, 3.63) is 29.6 Å². The van der Waals surface area contributed by atoms with Crippen molar-refractivity contribution in [3.63, 3.8) is 0 Å². The lowest BCUT2D eigenvalue weighted by atomic mass is 10.2. The van der Waals surface area contributed by atoms with Gasteiger partial charge >= 0.3 is 0 Å². The van der Waals surface area contributed by atoms with E-state index in [0.717, 1.165) is 19.2 Å². The Morgan fingerprint density at radius 2 is 2.00 bits per heavy atom. The molecule has 1 rings (SSSR count). The Labute approximate surface area is 83.5 Å². The first-order valence-corrected chi connectivity index (χ1v) is 3.89. The van der Waals surface area contributed by atoms with Gasteiger partial charge in [-0.15, -0.1) is 0 Å². The molecular weight excluding hydrogens is 208 g/mol. The van der Waals surface area contributed by atoms with Crippen LogP contribution in [0.5, 0.6) is 0 Å². The van der Waals surface area contributed by atoms with Gasteiger partial charge in [-0.25, -0.2) is 9.37 Å². The highest BCUT2D eigenvalue weighted by molar-refractivity contribution is 5.95. The number of rotatable bonds is 1. The van der Waals surface area contributed by atoms with Gasteiger partial charge < -0.3 is 0 Å². The SMILES string of the molecule is CC(=O)NNC(=O)c1ccnc(F)c1F. The summed E-state index contributed by atoms with van der Waals surface area (Å²) in [5.74, 6) is -4.21. The summed E-state index contributed by atoms with van der Waals surface area (Å²) in [5, 5.41) is 0. The van der Waals surface area contributed by atoms with Crippen molar-refractivity contribution in [2.24, 2.45) is 0 Å². The average Bonchev–Trinajstić information content (AvgIpc) is 2.18. The minimum absolute atomic E-state index is 0.529. The van der Waals surface area contributed by atoms with Gasteiger partial charge in [0, 0.05) is 13.1 Å². The number of hydrogen-bond acceptors (Lipinski definition) is 3. The van der Waals surface area contributed by atoms with Crippen LogP contribution in [-0.2, 0) is 4.79 Å². The minimum atomic E-state index is -1.37. The first-order valence-electron chi connectivity index (χ1n) is 3.89. The van der Waals surface area contributed by atoms with Gasteiger partial charge in [0.1, 0.15) is 0 Å². The molecular formula is C8H7F2N3O2.